The molecule has 0 bridgehead atoms. The number of carbonyl (C=O) groups is 3. The summed E-state index contributed by atoms with van der Waals surface area (Å²) in [5.74, 6) is -2.94. The van der Waals surface area contributed by atoms with Crippen LogP contribution in [-0.4, -0.2) is 79.7 Å². The van der Waals surface area contributed by atoms with Crippen molar-refractivity contribution in [1.29, 1.82) is 0 Å². The second-order valence-electron chi connectivity index (χ2n) is 11.2. The molecule has 10 heteroatoms. The maximum absolute atomic E-state index is 13.7. The van der Waals surface area contributed by atoms with Crippen LogP contribution < -0.4 is 0 Å². The van der Waals surface area contributed by atoms with E-state index in [1.165, 1.54) is 30.9 Å². The van der Waals surface area contributed by atoms with E-state index in [0.717, 1.165) is 0 Å². The van der Waals surface area contributed by atoms with E-state index >= 15 is 0 Å². The molecule has 9 atom stereocenters. The van der Waals surface area contributed by atoms with E-state index in [9.17, 15) is 29.7 Å². The number of rotatable bonds is 4. The zero-order valence-corrected chi connectivity index (χ0v) is 22.4. The number of esters is 1. The highest BCUT2D eigenvalue weighted by Gasteiger charge is 2.68. The van der Waals surface area contributed by atoms with Crippen molar-refractivity contribution in [3.05, 3.63) is 46.4 Å². The number of aliphatic hydroxyl groups is 3. The minimum absolute atomic E-state index is 0.0109. The van der Waals surface area contributed by atoms with Crippen LogP contribution in [0.2, 0.25) is 0 Å². The third-order valence-corrected chi connectivity index (χ3v) is 8.84. The Morgan fingerprint density at radius 3 is 2.53 bits per heavy atom. The van der Waals surface area contributed by atoms with Crippen LogP contribution >= 0.6 is 0 Å². The molecule has 206 valence electrons. The van der Waals surface area contributed by atoms with Gasteiger partial charge in [-0.2, -0.15) is 0 Å². The van der Waals surface area contributed by atoms with Gasteiger partial charge in [0.1, 0.15) is 17.5 Å². The normalized spacial score (nSPS) is 41.2. The minimum Gasteiger partial charge on any atom is -0.509 e. The van der Waals surface area contributed by atoms with Gasteiger partial charge in [-0.1, -0.05) is 12.5 Å². The molecule has 1 amide bonds. The van der Waals surface area contributed by atoms with Gasteiger partial charge in [0.2, 0.25) is 0 Å². The fraction of sp³-hybridized carbons (Fsp3) is 0.607. The molecule has 0 spiro atoms. The van der Waals surface area contributed by atoms with Crippen molar-refractivity contribution < 1.29 is 43.9 Å². The summed E-state index contributed by atoms with van der Waals surface area (Å²) in [5.41, 5.74) is -2.46. The first-order chi connectivity index (χ1) is 17.7. The van der Waals surface area contributed by atoms with Crippen molar-refractivity contribution in [2.24, 2.45) is 11.8 Å². The molecule has 3 N–H and O–H groups in total. The zero-order chi connectivity index (χ0) is 27.9. The molecule has 38 heavy (non-hydrogen) atoms. The maximum atomic E-state index is 13.7. The van der Waals surface area contributed by atoms with E-state index in [1.54, 1.807) is 26.8 Å². The van der Waals surface area contributed by atoms with Gasteiger partial charge in [-0.25, -0.2) is 0 Å². The predicted molar refractivity (Wildman–Crippen MR) is 133 cm³/mol. The minimum atomic E-state index is -1.81. The maximum Gasteiger partial charge on any atom is 0.303 e. The van der Waals surface area contributed by atoms with E-state index in [0.29, 0.717) is 24.0 Å². The number of hydrogen-bond acceptors (Lipinski definition) is 9. The molecule has 1 saturated carbocycles. The zero-order valence-electron chi connectivity index (χ0n) is 22.4. The van der Waals surface area contributed by atoms with Gasteiger partial charge in [0, 0.05) is 30.9 Å². The number of ether oxygens (including phenoxy) is 3. The quantitative estimate of drug-likeness (QED) is 0.368. The topological polar surface area (TPSA) is 143 Å². The van der Waals surface area contributed by atoms with Crippen LogP contribution in [0.15, 0.2) is 46.4 Å². The Labute approximate surface area is 221 Å². The second-order valence-corrected chi connectivity index (χ2v) is 11.2. The summed E-state index contributed by atoms with van der Waals surface area (Å²) in [5, 5.41) is 33.9. The first-order valence-electron chi connectivity index (χ1n) is 13.1. The summed E-state index contributed by atoms with van der Waals surface area (Å²) in [6.45, 7) is 9.71. The number of allylic oxidation sites excluding steroid dienone is 2. The first kappa shape index (κ1) is 26.8. The smallest absolute Gasteiger partial charge is 0.303 e. The number of ketones is 1. The molecular weight excluding hydrogens is 494 g/mol. The van der Waals surface area contributed by atoms with Crippen molar-refractivity contribution in [3.8, 4) is 0 Å². The molecule has 5 rings (SSSR count). The van der Waals surface area contributed by atoms with Gasteiger partial charge in [-0.05, 0) is 52.2 Å². The van der Waals surface area contributed by atoms with Crippen LogP contribution in [-0.2, 0) is 28.6 Å². The lowest BCUT2D eigenvalue weighted by Crippen LogP contribution is -2.58. The van der Waals surface area contributed by atoms with E-state index in [-0.39, 0.29) is 22.9 Å². The van der Waals surface area contributed by atoms with Crippen molar-refractivity contribution >= 4 is 17.7 Å². The van der Waals surface area contributed by atoms with Crippen molar-refractivity contribution in [1.82, 2.24) is 4.90 Å². The predicted octanol–water partition coefficient (Wildman–Crippen LogP) is 1.97. The molecule has 10 nitrogen and oxygen atoms in total. The van der Waals surface area contributed by atoms with Gasteiger partial charge >= 0.3 is 5.97 Å². The van der Waals surface area contributed by atoms with Crippen molar-refractivity contribution in [2.45, 2.75) is 96.2 Å². The summed E-state index contributed by atoms with van der Waals surface area (Å²) < 4.78 is 17.7. The van der Waals surface area contributed by atoms with Crippen molar-refractivity contribution in [3.63, 3.8) is 0 Å². The van der Waals surface area contributed by atoms with E-state index in [4.69, 9.17) is 14.2 Å². The molecule has 2 aliphatic carbocycles. The molecule has 1 unspecified atom stereocenters. The number of nitrogens with zero attached hydrogens (tertiary/aromatic N) is 1. The van der Waals surface area contributed by atoms with Crippen LogP contribution in [0.5, 0.6) is 0 Å². The monoisotopic (exact) mass is 529 g/mol. The number of amides is 1. The molecule has 1 saturated heterocycles. The molecule has 2 fully saturated rings. The van der Waals surface area contributed by atoms with Gasteiger partial charge in [0.25, 0.3) is 5.91 Å². The highest BCUT2D eigenvalue weighted by atomic mass is 16.7. The van der Waals surface area contributed by atoms with E-state index < -0.39 is 65.4 Å². The van der Waals surface area contributed by atoms with E-state index in [1.807, 2.05) is 6.92 Å². The Kier molecular flexibility index (Phi) is 6.26. The molecule has 0 radical (unpaired) electrons. The third-order valence-electron chi connectivity index (χ3n) is 8.84. The van der Waals surface area contributed by atoms with Gasteiger partial charge in [0.15, 0.2) is 17.6 Å². The average Bonchev–Trinajstić information content (AvgIpc) is 3.11. The Hall–Kier alpha value is -2.79. The van der Waals surface area contributed by atoms with Crippen LogP contribution in [0.4, 0.5) is 0 Å². The first-order valence-corrected chi connectivity index (χ1v) is 13.1. The lowest BCUT2D eigenvalue weighted by molar-refractivity contribution is -0.233. The SMILES string of the molecule is CC(=O)OC(C)[C@@]12C=C(C)[C@@H]3[C@@H](C)[C@H](O[C@H]4CC[C@@H](O)[C@@H](C)O4)C4=CC(=O)C=C(N1C(=O)C(C)=C2O)[C@@]43O. The lowest BCUT2D eigenvalue weighted by Gasteiger charge is -2.45. The molecule has 5 aliphatic rings. The lowest BCUT2D eigenvalue weighted by atomic mass is 9.76. The van der Waals surface area contributed by atoms with Gasteiger partial charge in [-0.3, -0.25) is 19.3 Å². The summed E-state index contributed by atoms with van der Waals surface area (Å²) >= 11 is 0. The van der Waals surface area contributed by atoms with E-state index in [2.05, 4.69) is 0 Å². The molecule has 0 aromatic heterocycles. The Morgan fingerprint density at radius 1 is 1.21 bits per heavy atom. The number of aliphatic hydroxyl groups excluding tert-OH is 2. The summed E-state index contributed by atoms with van der Waals surface area (Å²) in [4.78, 5) is 39.9. The Balaban J connectivity index is 1.66. The third kappa shape index (κ3) is 3.50. The molecule has 3 heterocycles. The number of fused-ring (bicyclic) bond motifs is 2. The summed E-state index contributed by atoms with van der Waals surface area (Å²) in [6, 6.07) is 0. The highest BCUT2D eigenvalue weighted by molar-refractivity contribution is 6.06. The van der Waals surface area contributed by atoms with Crippen LogP contribution in [0.3, 0.4) is 0 Å². The molecule has 3 aliphatic heterocycles. The van der Waals surface area contributed by atoms with Crippen molar-refractivity contribution in [2.75, 3.05) is 0 Å². The van der Waals surface area contributed by atoms with Crippen LogP contribution in [0.25, 0.3) is 0 Å². The fourth-order valence-electron chi connectivity index (χ4n) is 7.11. The number of hydrogen-bond donors (Lipinski definition) is 3. The molecule has 0 aromatic rings. The Morgan fingerprint density at radius 2 is 1.89 bits per heavy atom. The van der Waals surface area contributed by atoms with Crippen LogP contribution in [0, 0.1) is 11.8 Å². The standard InChI is InChI=1S/C28H35NO9/c1-12-11-27(16(5)37-17(6)30)25(33)14(3)26(34)29(27)21-10-18(31)9-19-24(13(2)23(12)28(19,21)35)38-22-8-7-20(32)15(4)36-22/h9-11,13,15-16,20,22-24,32-33,35H,7-8H2,1-6H3/t13-,15-,16?,20-,22+,23-,24+,27-,28+/m1/s1. The fourth-order valence-corrected chi connectivity index (χ4v) is 7.11. The van der Waals surface area contributed by atoms with Crippen LogP contribution in [0.1, 0.15) is 54.4 Å². The average molecular weight is 530 g/mol. The summed E-state index contributed by atoms with van der Waals surface area (Å²) in [6.07, 6.45) is 1.75. The number of carbonyl (C=O) groups excluding carboxylic acids is 3. The molecular formula is C28H35NO9. The second kappa shape index (κ2) is 8.87. The van der Waals surface area contributed by atoms with Gasteiger partial charge in [0.05, 0.1) is 29.6 Å². The van der Waals surface area contributed by atoms with Gasteiger partial charge in [-0.15, -0.1) is 0 Å². The highest BCUT2D eigenvalue weighted by Crippen LogP contribution is 2.60. The largest absolute Gasteiger partial charge is 0.509 e. The Bertz CT molecular complexity index is 1230. The molecule has 0 aromatic carbocycles. The summed E-state index contributed by atoms with van der Waals surface area (Å²) in [7, 11) is 0. The van der Waals surface area contributed by atoms with Gasteiger partial charge < -0.3 is 29.5 Å².